The maximum atomic E-state index is 9.06. The van der Waals surface area contributed by atoms with E-state index in [1.165, 1.54) is 0 Å². The quantitative estimate of drug-likeness (QED) is 0.902. The molecule has 1 aromatic carbocycles. The minimum Gasteiger partial charge on any atom is -0.437 e. The van der Waals surface area contributed by atoms with Crippen molar-refractivity contribution in [2.45, 2.75) is 20.3 Å². The van der Waals surface area contributed by atoms with Gasteiger partial charge in [0, 0.05) is 19.0 Å². The van der Waals surface area contributed by atoms with E-state index in [-0.39, 0.29) is 0 Å². The van der Waals surface area contributed by atoms with Gasteiger partial charge in [0.1, 0.15) is 23.5 Å². The molecule has 1 aromatic heterocycles. The maximum absolute atomic E-state index is 9.06. The molecule has 0 unspecified atom stereocenters. The van der Waals surface area contributed by atoms with Crippen molar-refractivity contribution in [2.75, 3.05) is 11.9 Å². The van der Waals surface area contributed by atoms with Gasteiger partial charge in [-0.05, 0) is 19.1 Å². The van der Waals surface area contributed by atoms with Gasteiger partial charge < -0.3 is 10.1 Å². The third-order valence-electron chi connectivity index (χ3n) is 2.65. The Balaban J connectivity index is 2.33. The summed E-state index contributed by atoms with van der Waals surface area (Å²) in [6.07, 6.45) is 0.718. The first-order valence-corrected chi connectivity index (χ1v) is 6.55. The molecule has 0 fully saturated rings. The zero-order valence-corrected chi connectivity index (χ0v) is 11.6. The lowest BCUT2D eigenvalue weighted by atomic mass is 10.2. The number of nitrogens with zero attached hydrogens (tertiary/aromatic N) is 3. The van der Waals surface area contributed by atoms with Gasteiger partial charge in [0.15, 0.2) is 0 Å². The molecular weight excluding hydrogens is 252 g/mol. The molecule has 0 spiro atoms. The Morgan fingerprint density at radius 3 is 2.75 bits per heavy atom. The summed E-state index contributed by atoms with van der Waals surface area (Å²) < 4.78 is 5.72. The van der Waals surface area contributed by atoms with Gasteiger partial charge in [-0.25, -0.2) is 4.98 Å². The predicted octanol–water partition coefficient (Wildman–Crippen LogP) is 3.13. The number of nitrogens with one attached hydrogen (secondary N) is 1. The summed E-state index contributed by atoms with van der Waals surface area (Å²) in [6.45, 7) is 4.76. The van der Waals surface area contributed by atoms with Crippen molar-refractivity contribution in [3.05, 3.63) is 41.7 Å². The summed E-state index contributed by atoms with van der Waals surface area (Å²) in [7, 11) is 0. The number of aryl methyl sites for hydroxylation is 1. The molecule has 102 valence electrons. The number of ether oxygens (including phenoxy) is 1. The van der Waals surface area contributed by atoms with E-state index in [1.807, 2.05) is 19.9 Å². The van der Waals surface area contributed by atoms with Crippen LogP contribution in [0.15, 0.2) is 30.3 Å². The largest absolute Gasteiger partial charge is 0.437 e. The molecule has 0 aliphatic carbocycles. The van der Waals surface area contributed by atoms with Crippen molar-refractivity contribution in [3.63, 3.8) is 0 Å². The molecule has 1 heterocycles. The molecular formula is C15H16N4O. The number of anilines is 1. The van der Waals surface area contributed by atoms with Gasteiger partial charge in [-0.3, -0.25) is 0 Å². The third kappa shape index (κ3) is 3.23. The van der Waals surface area contributed by atoms with Crippen LogP contribution < -0.4 is 10.1 Å². The van der Waals surface area contributed by atoms with Crippen LogP contribution in [0.3, 0.4) is 0 Å². The van der Waals surface area contributed by atoms with Crippen molar-refractivity contribution in [3.8, 4) is 17.7 Å². The lowest BCUT2D eigenvalue weighted by Gasteiger charge is -2.10. The van der Waals surface area contributed by atoms with E-state index < -0.39 is 0 Å². The predicted molar refractivity (Wildman–Crippen MR) is 76.8 cm³/mol. The highest BCUT2D eigenvalue weighted by Gasteiger charge is 2.08. The maximum Gasteiger partial charge on any atom is 0.224 e. The first-order chi connectivity index (χ1) is 9.76. The van der Waals surface area contributed by atoms with Crippen molar-refractivity contribution >= 4 is 5.82 Å². The van der Waals surface area contributed by atoms with Crippen LogP contribution in [0.2, 0.25) is 0 Å². The van der Waals surface area contributed by atoms with Crippen molar-refractivity contribution < 1.29 is 4.74 Å². The number of rotatable bonds is 5. The third-order valence-corrected chi connectivity index (χ3v) is 2.65. The van der Waals surface area contributed by atoms with E-state index in [0.29, 0.717) is 23.0 Å². The van der Waals surface area contributed by atoms with Gasteiger partial charge in [-0.2, -0.15) is 10.2 Å². The second-order valence-electron chi connectivity index (χ2n) is 4.10. The van der Waals surface area contributed by atoms with Crippen LogP contribution in [-0.2, 0) is 6.42 Å². The molecule has 0 aliphatic rings. The zero-order valence-electron chi connectivity index (χ0n) is 11.6. The Morgan fingerprint density at radius 2 is 2.05 bits per heavy atom. The number of para-hydroxylation sites is 1. The molecule has 5 nitrogen and oxygen atoms in total. The summed E-state index contributed by atoms with van der Waals surface area (Å²) in [4.78, 5) is 8.68. The van der Waals surface area contributed by atoms with E-state index in [4.69, 9.17) is 10.00 Å². The number of benzene rings is 1. The zero-order chi connectivity index (χ0) is 14.4. The molecule has 5 heteroatoms. The molecule has 0 atom stereocenters. The molecule has 1 N–H and O–H groups in total. The number of hydrogen-bond donors (Lipinski definition) is 1. The van der Waals surface area contributed by atoms with Gasteiger partial charge in [-0.15, -0.1) is 0 Å². The molecule has 0 amide bonds. The highest BCUT2D eigenvalue weighted by molar-refractivity contribution is 5.46. The Hall–Kier alpha value is -2.61. The van der Waals surface area contributed by atoms with Crippen LogP contribution in [0.5, 0.6) is 11.6 Å². The highest BCUT2D eigenvalue weighted by atomic mass is 16.5. The Kier molecular flexibility index (Phi) is 4.51. The van der Waals surface area contributed by atoms with Gasteiger partial charge in [0.25, 0.3) is 0 Å². The Labute approximate surface area is 118 Å². The number of hydrogen-bond acceptors (Lipinski definition) is 5. The molecule has 0 radical (unpaired) electrons. The summed E-state index contributed by atoms with van der Waals surface area (Å²) in [5.41, 5.74) is 0.481. The summed E-state index contributed by atoms with van der Waals surface area (Å²) in [5.74, 6) is 2.37. The van der Waals surface area contributed by atoms with Gasteiger partial charge in [0.2, 0.25) is 5.88 Å². The first-order valence-electron chi connectivity index (χ1n) is 6.55. The van der Waals surface area contributed by atoms with E-state index in [0.717, 1.165) is 18.8 Å². The lowest BCUT2D eigenvalue weighted by molar-refractivity contribution is 0.458. The molecule has 0 saturated heterocycles. The van der Waals surface area contributed by atoms with Crippen LogP contribution in [0, 0.1) is 11.3 Å². The van der Waals surface area contributed by atoms with Crippen molar-refractivity contribution in [2.24, 2.45) is 0 Å². The SMILES string of the molecule is CCNc1cc(Oc2ccccc2C#N)nc(CC)n1. The van der Waals surface area contributed by atoms with Crippen LogP contribution in [0.1, 0.15) is 25.2 Å². The number of nitriles is 1. The summed E-state index contributed by atoms with van der Waals surface area (Å²) in [6, 6.07) is 10.9. The topological polar surface area (TPSA) is 70.8 Å². The Bertz CT molecular complexity index is 634. The van der Waals surface area contributed by atoms with Gasteiger partial charge in [-0.1, -0.05) is 19.1 Å². The van der Waals surface area contributed by atoms with E-state index >= 15 is 0 Å². The van der Waals surface area contributed by atoms with E-state index in [2.05, 4.69) is 21.4 Å². The van der Waals surface area contributed by atoms with E-state index in [1.54, 1.807) is 24.3 Å². The lowest BCUT2D eigenvalue weighted by Crippen LogP contribution is -2.04. The van der Waals surface area contributed by atoms with Crippen molar-refractivity contribution in [1.82, 2.24) is 9.97 Å². The summed E-state index contributed by atoms with van der Waals surface area (Å²) in [5, 5.41) is 12.2. The number of aromatic nitrogens is 2. The first kappa shape index (κ1) is 13.8. The average Bonchev–Trinajstić information content (AvgIpc) is 2.48. The second-order valence-corrected chi connectivity index (χ2v) is 4.10. The normalized spacial score (nSPS) is 9.85. The fraction of sp³-hybridized carbons (Fsp3) is 0.267. The summed E-state index contributed by atoms with van der Waals surface area (Å²) >= 11 is 0. The standard InChI is InChI=1S/C15H16N4O/c1-3-13-18-14(17-4-2)9-15(19-13)20-12-8-6-5-7-11(12)10-16/h5-9H,3-4H2,1-2H3,(H,17,18,19). The van der Waals surface area contributed by atoms with Crippen LogP contribution in [-0.4, -0.2) is 16.5 Å². The molecule has 0 bridgehead atoms. The van der Waals surface area contributed by atoms with Gasteiger partial charge in [0.05, 0.1) is 5.56 Å². The fourth-order valence-corrected chi connectivity index (χ4v) is 1.72. The van der Waals surface area contributed by atoms with Crippen molar-refractivity contribution in [1.29, 1.82) is 5.26 Å². The highest BCUT2D eigenvalue weighted by Crippen LogP contribution is 2.24. The van der Waals surface area contributed by atoms with E-state index in [9.17, 15) is 0 Å². The monoisotopic (exact) mass is 268 g/mol. The molecule has 0 aliphatic heterocycles. The molecule has 2 rings (SSSR count). The smallest absolute Gasteiger partial charge is 0.224 e. The minimum atomic E-state index is 0.440. The molecule has 0 saturated carbocycles. The average molecular weight is 268 g/mol. The second kappa shape index (κ2) is 6.53. The fourth-order valence-electron chi connectivity index (χ4n) is 1.72. The molecule has 2 aromatic rings. The Morgan fingerprint density at radius 1 is 1.25 bits per heavy atom. The van der Waals surface area contributed by atoms with Crippen LogP contribution in [0.25, 0.3) is 0 Å². The van der Waals surface area contributed by atoms with Crippen LogP contribution >= 0.6 is 0 Å². The van der Waals surface area contributed by atoms with Crippen LogP contribution in [0.4, 0.5) is 5.82 Å². The van der Waals surface area contributed by atoms with Gasteiger partial charge >= 0.3 is 0 Å². The minimum absolute atomic E-state index is 0.440. The molecule has 20 heavy (non-hydrogen) atoms.